The first-order valence-corrected chi connectivity index (χ1v) is 6.67. The van der Waals surface area contributed by atoms with E-state index in [1.165, 1.54) is 6.92 Å². The average Bonchev–Trinajstić information content (AvgIpc) is 2.41. The van der Waals surface area contributed by atoms with Gasteiger partial charge in [-0.1, -0.05) is 0 Å². The lowest BCUT2D eigenvalue weighted by molar-refractivity contribution is -0.129. The van der Waals surface area contributed by atoms with Crippen molar-refractivity contribution >= 4 is 23.3 Å². The van der Waals surface area contributed by atoms with Crippen molar-refractivity contribution in [1.82, 2.24) is 0 Å². The van der Waals surface area contributed by atoms with Crippen molar-refractivity contribution in [2.75, 3.05) is 5.32 Å². The maximum atomic E-state index is 11.9. The molecule has 5 heteroatoms. The van der Waals surface area contributed by atoms with Gasteiger partial charge in [0.2, 0.25) is 5.91 Å². The van der Waals surface area contributed by atoms with E-state index in [0.717, 1.165) is 12.8 Å². The predicted molar refractivity (Wildman–Crippen MR) is 73.4 cm³/mol. The molecule has 1 amide bonds. The van der Waals surface area contributed by atoms with Crippen LogP contribution in [0.5, 0.6) is 0 Å². The molecule has 0 heterocycles. The maximum Gasteiger partial charge on any atom is 0.338 e. The van der Waals surface area contributed by atoms with Crippen LogP contribution in [0.2, 0.25) is 0 Å². The third-order valence-electron chi connectivity index (χ3n) is 3.19. The van der Waals surface area contributed by atoms with E-state index in [-0.39, 0.29) is 11.7 Å². The number of ketones is 1. The number of nitrogens with one attached hydrogen (secondary N) is 1. The molecule has 106 valence electrons. The molecular weight excluding hydrogens is 258 g/mol. The van der Waals surface area contributed by atoms with Crippen molar-refractivity contribution in [1.29, 1.82) is 0 Å². The predicted octanol–water partition coefficient (Wildman–Crippen LogP) is 2.31. The van der Waals surface area contributed by atoms with Crippen LogP contribution in [-0.4, -0.2) is 23.8 Å². The van der Waals surface area contributed by atoms with Gasteiger partial charge in [0.15, 0.2) is 11.9 Å². The Morgan fingerprint density at radius 3 is 2.50 bits per heavy atom. The number of benzene rings is 1. The molecule has 0 spiro atoms. The molecule has 0 bridgehead atoms. The number of carbonyl (C=O) groups excluding carboxylic acids is 3. The van der Waals surface area contributed by atoms with Crippen LogP contribution in [-0.2, 0) is 14.3 Å². The second-order valence-corrected chi connectivity index (χ2v) is 4.86. The molecule has 20 heavy (non-hydrogen) atoms. The van der Waals surface area contributed by atoms with Gasteiger partial charge < -0.3 is 10.1 Å². The molecule has 0 saturated heterocycles. The number of Topliss-reactive ketones (excluding diaryl/α,β-unsaturated/α-hetero) is 1. The summed E-state index contributed by atoms with van der Waals surface area (Å²) < 4.78 is 5.23. The molecule has 1 fully saturated rings. The van der Waals surface area contributed by atoms with E-state index in [0.29, 0.717) is 24.1 Å². The first kappa shape index (κ1) is 14.2. The highest BCUT2D eigenvalue weighted by Crippen LogP contribution is 2.19. The molecule has 1 aromatic rings. The lowest BCUT2D eigenvalue weighted by Crippen LogP contribution is -2.30. The van der Waals surface area contributed by atoms with Gasteiger partial charge in [0, 0.05) is 19.0 Å². The third kappa shape index (κ3) is 3.66. The topological polar surface area (TPSA) is 72.5 Å². The number of hydrogen-bond donors (Lipinski definition) is 1. The Hall–Kier alpha value is -2.17. The summed E-state index contributed by atoms with van der Waals surface area (Å²) in [6.45, 7) is 1.41. The first-order chi connectivity index (χ1) is 9.56. The molecule has 0 unspecified atom stereocenters. The van der Waals surface area contributed by atoms with Gasteiger partial charge in [-0.15, -0.1) is 0 Å². The highest BCUT2D eigenvalue weighted by Gasteiger charge is 2.26. The SMILES string of the molecule is CC(=O)Nc1ccc(C(=O)O[C@H]2CCCCC2=O)cc1. The van der Waals surface area contributed by atoms with E-state index in [4.69, 9.17) is 4.74 Å². The molecule has 1 N–H and O–H groups in total. The van der Waals surface area contributed by atoms with Gasteiger partial charge in [-0.25, -0.2) is 4.79 Å². The standard InChI is InChI=1S/C15H17NO4/c1-10(17)16-12-8-6-11(7-9-12)15(19)20-14-5-3-2-4-13(14)18/h6-9,14H,2-5H2,1H3,(H,16,17)/t14-/m0/s1. The van der Waals surface area contributed by atoms with Crippen LogP contribution < -0.4 is 5.32 Å². The average molecular weight is 275 g/mol. The Balaban J connectivity index is 1.98. The number of esters is 1. The van der Waals surface area contributed by atoms with E-state index in [1.807, 2.05) is 0 Å². The summed E-state index contributed by atoms with van der Waals surface area (Å²) in [4.78, 5) is 34.4. The first-order valence-electron chi connectivity index (χ1n) is 6.67. The smallest absolute Gasteiger partial charge is 0.338 e. The highest BCUT2D eigenvalue weighted by molar-refractivity contribution is 5.94. The molecule has 1 saturated carbocycles. The molecule has 1 aliphatic rings. The zero-order chi connectivity index (χ0) is 14.5. The quantitative estimate of drug-likeness (QED) is 0.859. The minimum atomic E-state index is -0.605. The van der Waals surface area contributed by atoms with Crippen LogP contribution in [0.3, 0.4) is 0 Å². The zero-order valence-electron chi connectivity index (χ0n) is 11.3. The minimum Gasteiger partial charge on any atom is -0.451 e. The second kappa shape index (κ2) is 6.32. The van der Waals surface area contributed by atoms with Gasteiger partial charge in [0.25, 0.3) is 0 Å². The largest absolute Gasteiger partial charge is 0.451 e. The lowest BCUT2D eigenvalue weighted by Gasteiger charge is -2.20. The van der Waals surface area contributed by atoms with Gasteiger partial charge in [-0.2, -0.15) is 0 Å². The van der Waals surface area contributed by atoms with Crippen LogP contribution >= 0.6 is 0 Å². The normalized spacial score (nSPS) is 18.4. The fourth-order valence-electron chi connectivity index (χ4n) is 2.17. The molecule has 1 atom stereocenters. The summed E-state index contributed by atoms with van der Waals surface area (Å²) in [5.41, 5.74) is 0.986. The Bertz CT molecular complexity index is 521. The number of ether oxygens (including phenoxy) is 1. The summed E-state index contributed by atoms with van der Waals surface area (Å²) in [7, 11) is 0. The van der Waals surface area contributed by atoms with Crippen molar-refractivity contribution < 1.29 is 19.1 Å². The summed E-state index contributed by atoms with van der Waals surface area (Å²) >= 11 is 0. The molecule has 5 nitrogen and oxygen atoms in total. The van der Waals surface area contributed by atoms with E-state index < -0.39 is 12.1 Å². The fraction of sp³-hybridized carbons (Fsp3) is 0.400. The third-order valence-corrected chi connectivity index (χ3v) is 3.19. The van der Waals surface area contributed by atoms with E-state index >= 15 is 0 Å². The van der Waals surface area contributed by atoms with Gasteiger partial charge >= 0.3 is 5.97 Å². The number of anilines is 1. The number of hydrogen-bond acceptors (Lipinski definition) is 4. The second-order valence-electron chi connectivity index (χ2n) is 4.86. The van der Waals surface area contributed by atoms with Crippen molar-refractivity contribution in [2.24, 2.45) is 0 Å². The monoisotopic (exact) mass is 275 g/mol. The molecule has 2 rings (SSSR count). The van der Waals surface area contributed by atoms with E-state index in [1.54, 1.807) is 24.3 Å². The molecule has 1 aromatic carbocycles. The highest BCUT2D eigenvalue weighted by atomic mass is 16.5. The number of rotatable bonds is 3. The van der Waals surface area contributed by atoms with Gasteiger partial charge in [-0.3, -0.25) is 9.59 Å². The molecule has 1 aliphatic carbocycles. The van der Waals surface area contributed by atoms with E-state index in [2.05, 4.69) is 5.32 Å². The van der Waals surface area contributed by atoms with Crippen molar-refractivity contribution in [3.8, 4) is 0 Å². The summed E-state index contributed by atoms with van der Waals surface area (Å²) in [6.07, 6.45) is 2.27. The maximum absolute atomic E-state index is 11.9. The molecule has 0 aliphatic heterocycles. The van der Waals surface area contributed by atoms with Crippen LogP contribution in [0.4, 0.5) is 5.69 Å². The summed E-state index contributed by atoms with van der Waals surface area (Å²) in [5, 5.41) is 2.61. The fourth-order valence-corrected chi connectivity index (χ4v) is 2.17. The minimum absolute atomic E-state index is 0.000494. The molecule has 0 radical (unpaired) electrons. The zero-order valence-corrected chi connectivity index (χ0v) is 11.3. The van der Waals surface area contributed by atoms with Gasteiger partial charge in [0.1, 0.15) is 0 Å². The van der Waals surface area contributed by atoms with Crippen LogP contribution in [0.1, 0.15) is 43.0 Å². The molecule has 0 aromatic heterocycles. The Morgan fingerprint density at radius 1 is 1.20 bits per heavy atom. The summed E-state index contributed by atoms with van der Waals surface area (Å²) in [6, 6.07) is 6.39. The van der Waals surface area contributed by atoms with Crippen molar-refractivity contribution in [3.05, 3.63) is 29.8 Å². The van der Waals surface area contributed by atoms with Crippen molar-refractivity contribution in [3.63, 3.8) is 0 Å². The van der Waals surface area contributed by atoms with Crippen LogP contribution in [0.15, 0.2) is 24.3 Å². The van der Waals surface area contributed by atoms with E-state index in [9.17, 15) is 14.4 Å². The number of amides is 1. The van der Waals surface area contributed by atoms with Crippen LogP contribution in [0.25, 0.3) is 0 Å². The molecular formula is C15H17NO4. The Labute approximate surface area is 117 Å². The van der Waals surface area contributed by atoms with Gasteiger partial charge in [-0.05, 0) is 43.5 Å². The number of carbonyl (C=O) groups is 3. The van der Waals surface area contributed by atoms with Gasteiger partial charge in [0.05, 0.1) is 5.56 Å². The summed E-state index contributed by atoms with van der Waals surface area (Å²) in [5.74, 6) is -0.674. The Kier molecular flexibility index (Phi) is 4.50. The van der Waals surface area contributed by atoms with Crippen LogP contribution in [0, 0.1) is 0 Å². The van der Waals surface area contributed by atoms with Crippen molar-refractivity contribution in [2.45, 2.75) is 38.7 Å². The lowest BCUT2D eigenvalue weighted by atomic mass is 9.96. The Morgan fingerprint density at radius 2 is 1.90 bits per heavy atom.